The van der Waals surface area contributed by atoms with Gasteiger partial charge in [0.15, 0.2) is 0 Å². The van der Waals surface area contributed by atoms with Gasteiger partial charge in [0.05, 0.1) is 6.54 Å². The number of hydrogen-bond acceptors (Lipinski definition) is 1. The second-order valence-electron chi connectivity index (χ2n) is 7.13. The van der Waals surface area contributed by atoms with Crippen LogP contribution in [0.15, 0.2) is 72.8 Å². The molecule has 4 heteroatoms. The van der Waals surface area contributed by atoms with E-state index in [9.17, 15) is 9.18 Å². The van der Waals surface area contributed by atoms with Crippen molar-refractivity contribution in [1.29, 1.82) is 0 Å². The molecule has 0 unspecified atom stereocenters. The molecular formula is C24H19FN2O. The summed E-state index contributed by atoms with van der Waals surface area (Å²) in [5, 5.41) is 1.23. The lowest BCUT2D eigenvalue weighted by molar-refractivity contribution is 0.0734. The predicted octanol–water partition coefficient (Wildman–Crippen LogP) is 5.17. The Kier molecular flexibility index (Phi) is 3.97. The highest BCUT2D eigenvalue weighted by atomic mass is 19.1. The van der Waals surface area contributed by atoms with E-state index in [1.54, 1.807) is 24.3 Å². The number of carbonyl (C=O) groups is 1. The third-order valence-electron chi connectivity index (χ3n) is 5.49. The van der Waals surface area contributed by atoms with Crippen molar-refractivity contribution in [3.8, 4) is 11.1 Å². The van der Waals surface area contributed by atoms with Gasteiger partial charge in [0, 0.05) is 34.3 Å². The maximum Gasteiger partial charge on any atom is 0.254 e. The zero-order valence-electron chi connectivity index (χ0n) is 15.3. The molecule has 1 N–H and O–H groups in total. The third-order valence-corrected chi connectivity index (χ3v) is 5.49. The lowest BCUT2D eigenvalue weighted by Gasteiger charge is -2.28. The second-order valence-corrected chi connectivity index (χ2v) is 7.13. The van der Waals surface area contributed by atoms with Gasteiger partial charge in [-0.05, 0) is 35.7 Å². The van der Waals surface area contributed by atoms with Gasteiger partial charge >= 0.3 is 0 Å². The number of rotatable bonds is 2. The van der Waals surface area contributed by atoms with Gasteiger partial charge in [0.2, 0.25) is 0 Å². The van der Waals surface area contributed by atoms with Gasteiger partial charge in [-0.3, -0.25) is 4.79 Å². The lowest BCUT2D eigenvalue weighted by atomic mass is 9.97. The normalized spacial score (nSPS) is 13.5. The van der Waals surface area contributed by atoms with Crippen molar-refractivity contribution in [2.45, 2.75) is 13.0 Å². The van der Waals surface area contributed by atoms with Crippen LogP contribution < -0.4 is 0 Å². The van der Waals surface area contributed by atoms with Crippen molar-refractivity contribution < 1.29 is 9.18 Å². The Morgan fingerprint density at radius 3 is 2.46 bits per heavy atom. The van der Waals surface area contributed by atoms with Crippen LogP contribution in [0.1, 0.15) is 21.6 Å². The number of aromatic amines is 1. The van der Waals surface area contributed by atoms with Crippen molar-refractivity contribution in [1.82, 2.24) is 9.88 Å². The standard InChI is InChI=1S/C24H19FN2O/c25-21-11-5-3-8-17(21)16-7-1-2-10-20(16)24(28)27-14-13-19-18-9-4-6-12-22(18)26-23(19)15-27/h1-12,26H,13-15H2. The molecule has 0 saturated heterocycles. The van der Waals surface area contributed by atoms with Crippen LogP contribution in [0.3, 0.4) is 0 Å². The molecule has 0 saturated carbocycles. The Hall–Kier alpha value is -3.40. The van der Waals surface area contributed by atoms with E-state index in [1.807, 2.05) is 35.2 Å². The zero-order valence-corrected chi connectivity index (χ0v) is 15.3. The van der Waals surface area contributed by atoms with Crippen LogP contribution in [-0.4, -0.2) is 22.3 Å². The summed E-state index contributed by atoms with van der Waals surface area (Å²) < 4.78 is 14.3. The molecule has 0 bridgehead atoms. The summed E-state index contributed by atoms with van der Waals surface area (Å²) in [5.74, 6) is -0.387. The first kappa shape index (κ1) is 16.8. The Bertz CT molecular complexity index is 1190. The van der Waals surface area contributed by atoms with Crippen molar-refractivity contribution in [3.05, 3.63) is 95.4 Å². The van der Waals surface area contributed by atoms with Crippen LogP contribution in [-0.2, 0) is 13.0 Å². The number of para-hydroxylation sites is 1. The van der Waals surface area contributed by atoms with Crippen molar-refractivity contribution in [3.63, 3.8) is 0 Å². The van der Waals surface area contributed by atoms with Gasteiger partial charge < -0.3 is 9.88 Å². The summed E-state index contributed by atoms with van der Waals surface area (Å²) in [4.78, 5) is 18.6. The molecule has 2 heterocycles. The molecule has 1 aliphatic rings. The third kappa shape index (κ3) is 2.69. The first-order valence-electron chi connectivity index (χ1n) is 9.44. The fraction of sp³-hybridized carbons (Fsp3) is 0.125. The Morgan fingerprint density at radius 2 is 1.61 bits per heavy atom. The molecule has 3 aromatic carbocycles. The number of benzene rings is 3. The molecule has 0 atom stereocenters. The highest BCUT2D eigenvalue weighted by Crippen LogP contribution is 2.31. The van der Waals surface area contributed by atoms with E-state index in [0.29, 0.717) is 29.8 Å². The highest BCUT2D eigenvalue weighted by Gasteiger charge is 2.26. The van der Waals surface area contributed by atoms with E-state index in [4.69, 9.17) is 0 Å². The fourth-order valence-corrected chi connectivity index (χ4v) is 4.12. The molecule has 28 heavy (non-hydrogen) atoms. The summed E-state index contributed by atoms with van der Waals surface area (Å²) in [6, 6.07) is 22.1. The van der Waals surface area contributed by atoms with Crippen molar-refractivity contribution >= 4 is 16.8 Å². The zero-order chi connectivity index (χ0) is 19.1. The first-order valence-corrected chi connectivity index (χ1v) is 9.44. The van der Waals surface area contributed by atoms with E-state index in [0.717, 1.165) is 17.6 Å². The number of fused-ring (bicyclic) bond motifs is 3. The van der Waals surface area contributed by atoms with E-state index in [2.05, 4.69) is 17.1 Å². The first-order chi connectivity index (χ1) is 13.7. The van der Waals surface area contributed by atoms with Crippen molar-refractivity contribution in [2.24, 2.45) is 0 Å². The molecule has 0 fully saturated rings. The van der Waals surface area contributed by atoms with E-state index < -0.39 is 0 Å². The van der Waals surface area contributed by atoms with E-state index >= 15 is 0 Å². The minimum absolute atomic E-state index is 0.0665. The second kappa shape index (κ2) is 6.64. The minimum atomic E-state index is -0.320. The Morgan fingerprint density at radius 1 is 0.893 bits per heavy atom. The van der Waals surface area contributed by atoms with E-state index in [1.165, 1.54) is 17.0 Å². The van der Waals surface area contributed by atoms with Crippen LogP contribution in [0.25, 0.3) is 22.0 Å². The minimum Gasteiger partial charge on any atom is -0.357 e. The largest absolute Gasteiger partial charge is 0.357 e. The number of H-pyrrole nitrogens is 1. The quantitative estimate of drug-likeness (QED) is 0.519. The number of halogens is 1. The number of hydrogen-bond donors (Lipinski definition) is 1. The SMILES string of the molecule is O=C(c1ccccc1-c1ccccc1F)N1CCc2c([nH]c3ccccc23)C1. The number of nitrogens with one attached hydrogen (secondary N) is 1. The summed E-state index contributed by atoms with van der Waals surface area (Å²) in [5.41, 5.74) is 5.11. The van der Waals surface area contributed by atoms with Gasteiger partial charge in [0.25, 0.3) is 5.91 Å². The molecule has 0 spiro atoms. The number of amides is 1. The molecule has 1 aromatic heterocycles. The summed E-state index contributed by atoms with van der Waals surface area (Å²) in [6.07, 6.45) is 0.812. The maximum absolute atomic E-state index is 14.3. The van der Waals surface area contributed by atoms with Gasteiger partial charge in [-0.15, -0.1) is 0 Å². The molecule has 138 valence electrons. The monoisotopic (exact) mass is 370 g/mol. The van der Waals surface area contributed by atoms with E-state index in [-0.39, 0.29) is 11.7 Å². The lowest BCUT2D eigenvalue weighted by Crippen LogP contribution is -2.36. The smallest absolute Gasteiger partial charge is 0.254 e. The van der Waals surface area contributed by atoms with Gasteiger partial charge in [-0.25, -0.2) is 4.39 Å². The molecule has 0 aliphatic carbocycles. The number of aromatic nitrogens is 1. The van der Waals surface area contributed by atoms with Crippen molar-refractivity contribution in [2.75, 3.05) is 6.54 Å². The Labute approximate surface area is 162 Å². The molecule has 1 aliphatic heterocycles. The molecule has 4 aromatic rings. The van der Waals surface area contributed by atoms with Crippen LogP contribution in [0, 0.1) is 5.82 Å². The molecule has 5 rings (SSSR count). The van der Waals surface area contributed by atoms with Crippen LogP contribution in [0.2, 0.25) is 0 Å². The summed E-state index contributed by atoms with van der Waals surface area (Å²) in [7, 11) is 0. The highest BCUT2D eigenvalue weighted by molar-refractivity contribution is 6.01. The van der Waals surface area contributed by atoms with Crippen LogP contribution in [0.4, 0.5) is 4.39 Å². The topological polar surface area (TPSA) is 36.1 Å². The summed E-state index contributed by atoms with van der Waals surface area (Å²) >= 11 is 0. The molecule has 1 amide bonds. The average Bonchev–Trinajstić information content (AvgIpc) is 3.11. The molecule has 3 nitrogen and oxygen atoms in total. The maximum atomic E-state index is 14.3. The predicted molar refractivity (Wildman–Crippen MR) is 109 cm³/mol. The average molecular weight is 370 g/mol. The molecule has 0 radical (unpaired) electrons. The summed E-state index contributed by atoms with van der Waals surface area (Å²) in [6.45, 7) is 1.19. The molecular weight excluding hydrogens is 351 g/mol. The van der Waals surface area contributed by atoms with Gasteiger partial charge in [-0.1, -0.05) is 54.6 Å². The van der Waals surface area contributed by atoms with Gasteiger partial charge in [-0.2, -0.15) is 0 Å². The van der Waals surface area contributed by atoms with Gasteiger partial charge in [0.1, 0.15) is 5.82 Å². The van der Waals surface area contributed by atoms with Crippen LogP contribution in [0.5, 0.6) is 0 Å². The Balaban J connectivity index is 1.51. The van der Waals surface area contributed by atoms with Crippen LogP contribution >= 0.6 is 0 Å². The number of nitrogens with zero attached hydrogens (tertiary/aromatic N) is 1. The number of carbonyl (C=O) groups excluding carboxylic acids is 1. The fourth-order valence-electron chi connectivity index (χ4n) is 4.12.